The van der Waals surface area contributed by atoms with Crippen LogP contribution in [0.1, 0.15) is 51.1 Å². The standard InChI is InChI=1S/C20H28N2O5/c1-12-7-6-8-13(2)18(12)27-20(26)17(14-9-4-3-5-10-14)22-19(25)15(21)11-16(23)24/h3-5,9-10,12-13,15,17-18H,6-8,11,21H2,1-2H3,(H,22,25)(H,23,24)/t12?,13?,15-,17+,18?/m0/s1. The molecule has 1 aliphatic rings. The molecule has 1 fully saturated rings. The SMILES string of the molecule is CC1CCCC(C)C1OC(=O)[C@H](NC(=O)[C@@H](N)CC(=O)O)c1ccccc1. The zero-order valence-corrected chi connectivity index (χ0v) is 15.8. The summed E-state index contributed by atoms with van der Waals surface area (Å²) in [7, 11) is 0. The van der Waals surface area contributed by atoms with Crippen molar-refractivity contribution in [2.75, 3.05) is 0 Å². The van der Waals surface area contributed by atoms with Gasteiger partial charge in [0.15, 0.2) is 6.04 Å². The van der Waals surface area contributed by atoms with Crippen LogP contribution in [0.15, 0.2) is 30.3 Å². The van der Waals surface area contributed by atoms with Crippen molar-refractivity contribution in [2.45, 2.75) is 57.7 Å². The first-order valence-electron chi connectivity index (χ1n) is 9.32. The molecule has 4 atom stereocenters. The van der Waals surface area contributed by atoms with Gasteiger partial charge in [0, 0.05) is 0 Å². The lowest BCUT2D eigenvalue weighted by Gasteiger charge is -2.35. The number of carboxylic acids is 1. The summed E-state index contributed by atoms with van der Waals surface area (Å²) in [6, 6.07) is 6.46. The van der Waals surface area contributed by atoms with Crippen LogP contribution in [-0.4, -0.2) is 35.1 Å². The number of rotatable bonds is 7. The van der Waals surface area contributed by atoms with Gasteiger partial charge in [0.25, 0.3) is 0 Å². The van der Waals surface area contributed by atoms with E-state index < -0.39 is 36.4 Å². The maximum atomic E-state index is 12.9. The van der Waals surface area contributed by atoms with Crippen LogP contribution < -0.4 is 11.1 Å². The third-order valence-electron chi connectivity index (χ3n) is 5.08. The number of carbonyl (C=O) groups excluding carboxylic acids is 2. The number of benzene rings is 1. The molecule has 2 rings (SSSR count). The Morgan fingerprint density at radius 2 is 1.78 bits per heavy atom. The van der Waals surface area contributed by atoms with Crippen LogP contribution in [0.3, 0.4) is 0 Å². The first kappa shape index (κ1) is 20.9. The molecule has 0 bridgehead atoms. The van der Waals surface area contributed by atoms with Gasteiger partial charge >= 0.3 is 11.9 Å². The summed E-state index contributed by atoms with van der Waals surface area (Å²) in [6.07, 6.45) is 2.38. The molecule has 7 nitrogen and oxygen atoms in total. The van der Waals surface area contributed by atoms with Gasteiger partial charge in [0.1, 0.15) is 6.10 Å². The van der Waals surface area contributed by atoms with Gasteiger partial charge in [-0.2, -0.15) is 0 Å². The molecule has 0 spiro atoms. The van der Waals surface area contributed by atoms with Crippen molar-refractivity contribution >= 4 is 17.8 Å². The summed E-state index contributed by atoms with van der Waals surface area (Å²) in [4.78, 5) is 36.0. The minimum Gasteiger partial charge on any atom is -0.481 e. The van der Waals surface area contributed by atoms with Crippen molar-refractivity contribution < 1.29 is 24.2 Å². The lowest BCUT2D eigenvalue weighted by atomic mass is 9.80. The van der Waals surface area contributed by atoms with E-state index in [1.54, 1.807) is 30.3 Å². The molecule has 27 heavy (non-hydrogen) atoms. The number of nitrogens with two attached hydrogens (primary N) is 1. The maximum Gasteiger partial charge on any atom is 0.333 e. The number of hydrogen-bond donors (Lipinski definition) is 3. The first-order valence-corrected chi connectivity index (χ1v) is 9.32. The number of carboxylic acid groups (broad SMARTS) is 1. The average Bonchev–Trinajstić information content (AvgIpc) is 2.62. The highest BCUT2D eigenvalue weighted by Gasteiger charge is 2.34. The van der Waals surface area contributed by atoms with Gasteiger partial charge in [-0.3, -0.25) is 9.59 Å². The molecule has 1 aliphatic carbocycles. The second-order valence-electron chi connectivity index (χ2n) is 7.34. The molecule has 1 saturated carbocycles. The fourth-order valence-corrected chi connectivity index (χ4v) is 3.54. The second kappa shape index (κ2) is 9.50. The van der Waals surface area contributed by atoms with E-state index >= 15 is 0 Å². The van der Waals surface area contributed by atoms with E-state index in [0.717, 1.165) is 19.3 Å². The van der Waals surface area contributed by atoms with Gasteiger partial charge in [-0.15, -0.1) is 0 Å². The molecule has 1 aromatic rings. The summed E-state index contributed by atoms with van der Waals surface area (Å²) in [5.74, 6) is -1.94. The molecule has 0 saturated heterocycles. The number of aliphatic carboxylic acids is 1. The Bertz CT molecular complexity index is 654. The van der Waals surface area contributed by atoms with Gasteiger partial charge in [-0.05, 0) is 30.2 Å². The van der Waals surface area contributed by atoms with E-state index in [2.05, 4.69) is 19.2 Å². The summed E-state index contributed by atoms with van der Waals surface area (Å²) >= 11 is 0. The largest absolute Gasteiger partial charge is 0.481 e. The highest BCUT2D eigenvalue weighted by molar-refractivity contribution is 5.90. The van der Waals surface area contributed by atoms with Crippen LogP contribution in [0.5, 0.6) is 0 Å². The topological polar surface area (TPSA) is 119 Å². The normalized spacial score (nSPS) is 24.5. The van der Waals surface area contributed by atoms with E-state index in [0.29, 0.717) is 5.56 Å². The molecule has 4 N–H and O–H groups in total. The van der Waals surface area contributed by atoms with Crippen LogP contribution in [-0.2, 0) is 19.1 Å². The smallest absolute Gasteiger partial charge is 0.333 e. The Hall–Kier alpha value is -2.41. The minimum atomic E-state index is -1.24. The third-order valence-corrected chi connectivity index (χ3v) is 5.08. The number of esters is 1. The third kappa shape index (κ3) is 5.79. The lowest BCUT2D eigenvalue weighted by Crippen LogP contribution is -2.46. The molecule has 0 heterocycles. The van der Waals surface area contributed by atoms with Gasteiger partial charge in [-0.25, -0.2) is 4.79 Å². The Labute approximate surface area is 159 Å². The molecule has 148 valence electrons. The number of ether oxygens (including phenoxy) is 1. The Kier molecular flexibility index (Phi) is 7.36. The minimum absolute atomic E-state index is 0.206. The monoisotopic (exact) mass is 376 g/mol. The van der Waals surface area contributed by atoms with E-state index in [-0.39, 0.29) is 17.9 Å². The van der Waals surface area contributed by atoms with Gasteiger partial charge < -0.3 is 20.9 Å². The molecule has 1 aromatic carbocycles. The molecule has 7 heteroatoms. The van der Waals surface area contributed by atoms with Crippen molar-refractivity contribution in [3.05, 3.63) is 35.9 Å². The predicted molar refractivity (Wildman–Crippen MR) is 99.6 cm³/mol. The van der Waals surface area contributed by atoms with Gasteiger partial charge in [0.05, 0.1) is 12.5 Å². The second-order valence-corrected chi connectivity index (χ2v) is 7.34. The van der Waals surface area contributed by atoms with Crippen LogP contribution in [0.4, 0.5) is 0 Å². The molecule has 2 unspecified atom stereocenters. The lowest BCUT2D eigenvalue weighted by molar-refractivity contribution is -0.160. The summed E-state index contributed by atoms with van der Waals surface area (Å²) in [5, 5.41) is 11.4. The summed E-state index contributed by atoms with van der Waals surface area (Å²) < 4.78 is 5.78. The van der Waals surface area contributed by atoms with Crippen LogP contribution in [0, 0.1) is 11.8 Å². The van der Waals surface area contributed by atoms with E-state index in [4.69, 9.17) is 15.6 Å². The quantitative estimate of drug-likeness (QED) is 0.627. The highest BCUT2D eigenvalue weighted by Crippen LogP contribution is 2.32. The van der Waals surface area contributed by atoms with Crippen molar-refractivity contribution in [3.8, 4) is 0 Å². The summed E-state index contributed by atoms with van der Waals surface area (Å²) in [5.41, 5.74) is 6.19. The van der Waals surface area contributed by atoms with E-state index in [1.165, 1.54) is 0 Å². The van der Waals surface area contributed by atoms with Crippen LogP contribution >= 0.6 is 0 Å². The molecular weight excluding hydrogens is 348 g/mol. The van der Waals surface area contributed by atoms with Crippen LogP contribution in [0.2, 0.25) is 0 Å². The zero-order chi connectivity index (χ0) is 20.0. The fraction of sp³-hybridized carbons (Fsp3) is 0.550. The summed E-state index contributed by atoms with van der Waals surface area (Å²) in [6.45, 7) is 4.12. The first-order chi connectivity index (χ1) is 12.8. The number of amides is 1. The van der Waals surface area contributed by atoms with Gasteiger partial charge in [0.2, 0.25) is 5.91 Å². The van der Waals surface area contributed by atoms with E-state index in [1.807, 2.05) is 0 Å². The fourth-order valence-electron chi connectivity index (χ4n) is 3.54. The van der Waals surface area contributed by atoms with Crippen molar-refractivity contribution in [1.82, 2.24) is 5.32 Å². The molecule has 0 aromatic heterocycles. The number of nitrogens with one attached hydrogen (secondary N) is 1. The van der Waals surface area contributed by atoms with Crippen molar-refractivity contribution in [2.24, 2.45) is 17.6 Å². The highest BCUT2D eigenvalue weighted by atomic mass is 16.5. The molecule has 0 aliphatic heterocycles. The Morgan fingerprint density at radius 3 is 2.33 bits per heavy atom. The predicted octanol–water partition coefficient (Wildman–Crippen LogP) is 2.01. The zero-order valence-electron chi connectivity index (χ0n) is 15.8. The van der Waals surface area contributed by atoms with Crippen LogP contribution in [0.25, 0.3) is 0 Å². The maximum absolute atomic E-state index is 12.9. The Morgan fingerprint density at radius 1 is 1.19 bits per heavy atom. The van der Waals surface area contributed by atoms with Gasteiger partial charge in [-0.1, -0.05) is 50.6 Å². The average molecular weight is 376 g/mol. The molecule has 1 amide bonds. The van der Waals surface area contributed by atoms with Crippen molar-refractivity contribution in [3.63, 3.8) is 0 Å². The number of carbonyl (C=O) groups is 3. The Balaban J connectivity index is 2.16. The van der Waals surface area contributed by atoms with E-state index in [9.17, 15) is 14.4 Å². The molecule has 0 radical (unpaired) electrons. The van der Waals surface area contributed by atoms with Crippen molar-refractivity contribution in [1.29, 1.82) is 0 Å². The number of hydrogen-bond acceptors (Lipinski definition) is 5. The molecular formula is C20H28N2O5.